The number of nitrogens with zero attached hydrogens (tertiary/aromatic N) is 1. The van der Waals surface area contributed by atoms with Crippen molar-refractivity contribution in [2.45, 2.75) is 5.37 Å². The van der Waals surface area contributed by atoms with Gasteiger partial charge in [-0.1, -0.05) is 12.1 Å². The summed E-state index contributed by atoms with van der Waals surface area (Å²) in [5.74, 6) is -3.83. The Bertz CT molecular complexity index is 988. The lowest BCUT2D eigenvalue weighted by atomic mass is 10.0. The first-order valence-electron chi connectivity index (χ1n) is 7.76. The lowest BCUT2D eigenvalue weighted by molar-refractivity contribution is -0.131. The van der Waals surface area contributed by atoms with Crippen molar-refractivity contribution >= 4 is 21.7 Å². The standard InChI is InChI=1S/C17H14F2N2O5S/c18-13-7-12(8-14(19)9-13)10-1-3-11(4-2-10)16(23)21-5-6-27(25,26)17(21)15(22)20-24/h1-4,7-9,17,24H,5-6H2,(H,20,22)/t17-/m0/s1. The number of rotatable bonds is 3. The van der Waals surface area contributed by atoms with E-state index in [2.05, 4.69) is 0 Å². The van der Waals surface area contributed by atoms with Gasteiger partial charge in [-0.15, -0.1) is 0 Å². The summed E-state index contributed by atoms with van der Waals surface area (Å²) in [6.07, 6.45) is 0. The highest BCUT2D eigenvalue weighted by Crippen LogP contribution is 2.24. The Balaban J connectivity index is 1.88. The van der Waals surface area contributed by atoms with Gasteiger partial charge in [0.05, 0.1) is 5.75 Å². The monoisotopic (exact) mass is 396 g/mol. The van der Waals surface area contributed by atoms with Crippen molar-refractivity contribution < 1.29 is 32.0 Å². The molecule has 1 saturated heterocycles. The Hall–Kier alpha value is -2.85. The lowest BCUT2D eigenvalue weighted by Crippen LogP contribution is -2.47. The summed E-state index contributed by atoms with van der Waals surface area (Å²) in [6, 6.07) is 8.63. The molecule has 2 amide bonds. The topological polar surface area (TPSA) is 104 Å². The van der Waals surface area contributed by atoms with Gasteiger partial charge in [0.2, 0.25) is 5.37 Å². The van der Waals surface area contributed by atoms with Crippen LogP contribution in [0.25, 0.3) is 11.1 Å². The van der Waals surface area contributed by atoms with E-state index >= 15 is 0 Å². The Morgan fingerprint density at radius 3 is 2.19 bits per heavy atom. The van der Waals surface area contributed by atoms with Gasteiger partial charge < -0.3 is 4.90 Å². The molecule has 0 aliphatic carbocycles. The predicted molar refractivity (Wildman–Crippen MR) is 90.3 cm³/mol. The summed E-state index contributed by atoms with van der Waals surface area (Å²) in [4.78, 5) is 25.1. The van der Waals surface area contributed by atoms with Crippen LogP contribution < -0.4 is 5.48 Å². The number of amides is 2. The SMILES string of the molecule is O=C(NO)[C@H]1N(C(=O)c2ccc(-c3cc(F)cc(F)c3)cc2)CCS1(=O)=O. The average Bonchev–Trinajstić information content (AvgIpc) is 2.95. The van der Waals surface area contributed by atoms with Crippen molar-refractivity contribution in [3.63, 3.8) is 0 Å². The normalized spacial score (nSPS) is 18.3. The van der Waals surface area contributed by atoms with Gasteiger partial charge in [-0.3, -0.25) is 14.8 Å². The summed E-state index contributed by atoms with van der Waals surface area (Å²) in [7, 11) is -3.91. The molecule has 27 heavy (non-hydrogen) atoms. The third-order valence-electron chi connectivity index (χ3n) is 4.16. The molecule has 0 radical (unpaired) electrons. The third-order valence-corrected chi connectivity index (χ3v) is 6.06. The molecule has 10 heteroatoms. The maximum Gasteiger partial charge on any atom is 0.281 e. The Labute approximate surface area is 153 Å². The van der Waals surface area contributed by atoms with Gasteiger partial charge >= 0.3 is 0 Å². The fourth-order valence-electron chi connectivity index (χ4n) is 2.91. The molecule has 1 atom stereocenters. The maximum atomic E-state index is 13.3. The molecule has 2 N–H and O–H groups in total. The van der Waals surface area contributed by atoms with Gasteiger partial charge in [0.25, 0.3) is 11.8 Å². The minimum atomic E-state index is -3.91. The van der Waals surface area contributed by atoms with Crippen molar-refractivity contribution in [1.29, 1.82) is 0 Å². The van der Waals surface area contributed by atoms with E-state index < -0.39 is 44.4 Å². The lowest BCUT2D eigenvalue weighted by Gasteiger charge is -2.21. The van der Waals surface area contributed by atoms with E-state index in [1.807, 2.05) is 0 Å². The second-order valence-electron chi connectivity index (χ2n) is 5.93. The molecule has 0 unspecified atom stereocenters. The number of carbonyl (C=O) groups excluding carboxylic acids is 2. The summed E-state index contributed by atoms with van der Waals surface area (Å²) >= 11 is 0. The molecule has 0 saturated carbocycles. The minimum absolute atomic E-state index is 0.0865. The third kappa shape index (κ3) is 3.67. The van der Waals surface area contributed by atoms with Gasteiger partial charge in [-0.2, -0.15) is 0 Å². The van der Waals surface area contributed by atoms with Gasteiger partial charge in [-0.25, -0.2) is 22.7 Å². The van der Waals surface area contributed by atoms with Crippen LogP contribution in [-0.2, 0) is 14.6 Å². The van der Waals surface area contributed by atoms with Crippen LogP contribution in [0.3, 0.4) is 0 Å². The van der Waals surface area contributed by atoms with Crippen LogP contribution in [0.1, 0.15) is 10.4 Å². The van der Waals surface area contributed by atoms with E-state index in [-0.39, 0.29) is 17.7 Å². The number of sulfone groups is 1. The molecule has 1 aliphatic rings. The molecule has 2 aromatic rings. The fourth-order valence-corrected chi connectivity index (χ4v) is 4.55. The van der Waals surface area contributed by atoms with E-state index in [4.69, 9.17) is 5.21 Å². The minimum Gasteiger partial charge on any atom is -0.313 e. The summed E-state index contributed by atoms with van der Waals surface area (Å²) in [5, 5.41) is 6.93. The molecule has 1 aliphatic heterocycles. The maximum absolute atomic E-state index is 13.3. The molecule has 0 bridgehead atoms. The number of hydroxylamine groups is 1. The first-order valence-corrected chi connectivity index (χ1v) is 9.47. The zero-order chi connectivity index (χ0) is 19.8. The van der Waals surface area contributed by atoms with Crippen LogP contribution in [0.4, 0.5) is 8.78 Å². The van der Waals surface area contributed by atoms with Gasteiger partial charge in [0.15, 0.2) is 9.84 Å². The molecule has 0 aromatic heterocycles. The summed E-state index contributed by atoms with van der Waals surface area (Å²) in [5.41, 5.74) is 2.06. The fraction of sp³-hybridized carbons (Fsp3) is 0.176. The van der Waals surface area contributed by atoms with E-state index in [1.54, 1.807) is 0 Å². The van der Waals surface area contributed by atoms with Crippen LogP contribution in [-0.4, -0.2) is 48.0 Å². The highest BCUT2D eigenvalue weighted by Gasteiger charge is 2.46. The predicted octanol–water partition coefficient (Wildman–Crippen LogP) is 1.33. The van der Waals surface area contributed by atoms with Crippen molar-refractivity contribution in [3.8, 4) is 11.1 Å². The molecule has 1 heterocycles. The molecule has 3 rings (SSSR count). The molecular formula is C17H14F2N2O5S. The van der Waals surface area contributed by atoms with Crippen LogP contribution in [0, 0.1) is 11.6 Å². The van der Waals surface area contributed by atoms with Gasteiger partial charge in [0, 0.05) is 18.2 Å². The molecule has 7 nitrogen and oxygen atoms in total. The van der Waals surface area contributed by atoms with Gasteiger partial charge in [-0.05, 0) is 35.4 Å². The van der Waals surface area contributed by atoms with Crippen molar-refractivity contribution in [2.24, 2.45) is 0 Å². The molecule has 142 valence electrons. The first-order chi connectivity index (χ1) is 12.7. The number of benzene rings is 2. The Kier molecular flexibility index (Phi) is 4.94. The zero-order valence-corrected chi connectivity index (χ0v) is 14.5. The van der Waals surface area contributed by atoms with E-state index in [9.17, 15) is 26.8 Å². The largest absolute Gasteiger partial charge is 0.313 e. The highest BCUT2D eigenvalue weighted by molar-refractivity contribution is 7.93. The van der Waals surface area contributed by atoms with Crippen molar-refractivity contribution in [2.75, 3.05) is 12.3 Å². The average molecular weight is 396 g/mol. The zero-order valence-electron chi connectivity index (χ0n) is 13.7. The second-order valence-corrected chi connectivity index (χ2v) is 8.11. The number of nitrogens with one attached hydrogen (secondary N) is 1. The number of halogens is 2. The number of carbonyl (C=O) groups is 2. The quantitative estimate of drug-likeness (QED) is 0.602. The van der Waals surface area contributed by atoms with Crippen LogP contribution in [0.15, 0.2) is 42.5 Å². The van der Waals surface area contributed by atoms with Crippen LogP contribution in [0.5, 0.6) is 0 Å². The van der Waals surface area contributed by atoms with Crippen LogP contribution in [0.2, 0.25) is 0 Å². The molecular weight excluding hydrogens is 382 g/mol. The number of hydrogen-bond acceptors (Lipinski definition) is 5. The summed E-state index contributed by atoms with van der Waals surface area (Å²) < 4.78 is 50.6. The van der Waals surface area contributed by atoms with Crippen molar-refractivity contribution in [3.05, 3.63) is 59.7 Å². The molecule has 2 aromatic carbocycles. The Morgan fingerprint density at radius 1 is 1.04 bits per heavy atom. The van der Waals surface area contributed by atoms with Crippen LogP contribution >= 0.6 is 0 Å². The smallest absolute Gasteiger partial charge is 0.281 e. The second kappa shape index (κ2) is 7.05. The molecule has 1 fully saturated rings. The summed E-state index contributed by atoms with van der Waals surface area (Å²) in [6.45, 7) is -0.198. The molecule has 0 spiro atoms. The Morgan fingerprint density at radius 2 is 1.63 bits per heavy atom. The number of hydrogen-bond donors (Lipinski definition) is 2. The van der Waals surface area contributed by atoms with E-state index in [0.29, 0.717) is 5.56 Å². The highest BCUT2D eigenvalue weighted by atomic mass is 32.2. The van der Waals surface area contributed by atoms with Gasteiger partial charge in [0.1, 0.15) is 11.6 Å². The first kappa shape index (κ1) is 18.9. The van der Waals surface area contributed by atoms with E-state index in [1.165, 1.54) is 29.7 Å². The van der Waals surface area contributed by atoms with Crippen molar-refractivity contribution in [1.82, 2.24) is 10.4 Å². The van der Waals surface area contributed by atoms with E-state index in [0.717, 1.165) is 23.1 Å².